The molecule has 0 unspecified atom stereocenters. The minimum atomic E-state index is -2.92. The van der Waals surface area contributed by atoms with Crippen molar-refractivity contribution in [1.82, 2.24) is 0 Å². The van der Waals surface area contributed by atoms with Gasteiger partial charge in [0.2, 0.25) is 0 Å². The molecule has 0 aliphatic heterocycles. The summed E-state index contributed by atoms with van der Waals surface area (Å²) in [6, 6.07) is 0. The Morgan fingerprint density at radius 2 is 1.00 bits per heavy atom. The molecule has 0 saturated heterocycles. The van der Waals surface area contributed by atoms with E-state index < -0.39 is 7.32 Å². The van der Waals surface area contributed by atoms with Crippen LogP contribution in [0.1, 0.15) is 0 Å². The van der Waals surface area contributed by atoms with E-state index in [2.05, 4.69) is 0 Å². The van der Waals surface area contributed by atoms with Crippen LogP contribution in [-0.4, -0.2) is 45.1 Å². The van der Waals surface area contributed by atoms with Gasteiger partial charge < -0.3 is 15.1 Å². The second kappa shape index (κ2) is 10.5. The largest absolute Gasteiger partial charge is 3.00 e. The average molecular weight is 249 g/mol. The van der Waals surface area contributed by atoms with Crippen LogP contribution in [0, 0.1) is 40.4 Å². The normalized spacial score (nSPS) is 4.50. The van der Waals surface area contributed by atoms with Crippen molar-refractivity contribution >= 4 is 45.1 Å². The zero-order valence-electron chi connectivity index (χ0n) is 2.92. The van der Waals surface area contributed by atoms with Gasteiger partial charge in [0.05, 0.1) is 0 Å². The van der Waals surface area contributed by atoms with Gasteiger partial charge in [0.1, 0.15) is 0 Å². The molecule has 0 saturated carbocycles. The molecule has 0 atom stereocenters. The van der Waals surface area contributed by atoms with Crippen LogP contribution in [0.25, 0.3) is 0 Å². The van der Waals surface area contributed by atoms with Crippen LogP contribution >= 0.6 is 0 Å². The second-order valence-electron chi connectivity index (χ2n) is 0.289. The van der Waals surface area contributed by atoms with Crippen molar-refractivity contribution in [3.63, 3.8) is 0 Å². The van der Waals surface area contributed by atoms with Gasteiger partial charge in [0.25, 0.3) is 0 Å². The van der Waals surface area contributed by atoms with Gasteiger partial charge in [-0.2, -0.15) is 0 Å². The molecule has 6 heavy (non-hydrogen) atoms. The van der Waals surface area contributed by atoms with Crippen molar-refractivity contribution in [3.8, 4) is 0 Å². The predicted molar refractivity (Wildman–Crippen MR) is 11.5 cm³/mol. The van der Waals surface area contributed by atoms with Gasteiger partial charge in [-0.15, -0.1) is 0 Å². The molecule has 0 aromatic rings. The molecule has 0 heterocycles. The molecular formula is BCaO3Sm+2. The van der Waals surface area contributed by atoms with Gasteiger partial charge in [0.15, 0.2) is 0 Å². The molecule has 0 rings (SSSR count). The van der Waals surface area contributed by atoms with Crippen LogP contribution in [0.3, 0.4) is 0 Å². The van der Waals surface area contributed by atoms with Crippen LogP contribution < -0.4 is 15.1 Å². The first-order valence-electron chi connectivity index (χ1n) is 0.707. The maximum atomic E-state index is 8.42. The summed E-state index contributed by atoms with van der Waals surface area (Å²) in [5.74, 6) is 0. The SMILES string of the molecule is [Ca+2].[O-]B([O-])[O-].[Sm+3]. The Morgan fingerprint density at radius 1 is 1.00 bits per heavy atom. The maximum absolute atomic E-state index is 8.42. The van der Waals surface area contributed by atoms with Gasteiger partial charge in [0, 0.05) is 0 Å². The molecule has 0 N–H and O–H groups in total. The average Bonchev–Trinajstić information content (AvgIpc) is 0.811. The quantitative estimate of drug-likeness (QED) is 0.408. The summed E-state index contributed by atoms with van der Waals surface area (Å²) in [5.41, 5.74) is 0. The second-order valence-corrected chi connectivity index (χ2v) is 0.289. The molecule has 0 aliphatic carbocycles. The zero-order valence-corrected chi connectivity index (χ0v) is 7.75. The van der Waals surface area contributed by atoms with E-state index in [4.69, 9.17) is 15.1 Å². The van der Waals surface area contributed by atoms with Crippen molar-refractivity contribution < 1.29 is 55.5 Å². The van der Waals surface area contributed by atoms with Gasteiger partial charge in [-0.1, -0.05) is 0 Å². The van der Waals surface area contributed by atoms with E-state index in [9.17, 15) is 0 Å². The Kier molecular flexibility index (Phi) is 27.7. The topological polar surface area (TPSA) is 69.2 Å². The van der Waals surface area contributed by atoms with E-state index in [1.165, 1.54) is 0 Å². The Labute approximate surface area is 98.4 Å². The van der Waals surface area contributed by atoms with Gasteiger partial charge >= 0.3 is 78.1 Å². The Bertz CT molecular complexity index is 15.5. The molecule has 1 radical (unpaired) electrons. The van der Waals surface area contributed by atoms with E-state index in [0.717, 1.165) is 0 Å². The molecule has 0 aliphatic rings. The monoisotopic (exact) mass is 251 g/mol. The van der Waals surface area contributed by atoms with Crippen LogP contribution in [0.5, 0.6) is 0 Å². The molecule has 0 aromatic carbocycles. The molecule has 0 bridgehead atoms. The van der Waals surface area contributed by atoms with Crippen LogP contribution in [0.2, 0.25) is 0 Å². The van der Waals surface area contributed by atoms with Gasteiger partial charge in [-0.25, -0.2) is 0 Å². The summed E-state index contributed by atoms with van der Waals surface area (Å²) in [4.78, 5) is 0. The fourth-order valence-corrected chi connectivity index (χ4v) is 0. The molecule has 0 spiro atoms. The maximum Gasteiger partial charge on any atom is 3.00 e. The first kappa shape index (κ1) is 15.8. The molecule has 27 valence electrons. The van der Waals surface area contributed by atoms with E-state index in [1.54, 1.807) is 0 Å². The zero-order chi connectivity index (χ0) is 3.58. The molecular weight excluding hydrogens is 249 g/mol. The third kappa shape index (κ3) is 31.1. The fraction of sp³-hybridized carbons (Fsp3) is 0. The first-order valence-corrected chi connectivity index (χ1v) is 0.707. The summed E-state index contributed by atoms with van der Waals surface area (Å²) in [6.07, 6.45) is 0. The smallest absolute Gasteiger partial charge is 0.907 e. The number of hydrogen-bond donors (Lipinski definition) is 0. The summed E-state index contributed by atoms with van der Waals surface area (Å²) in [6.45, 7) is 0. The van der Waals surface area contributed by atoms with E-state index >= 15 is 0 Å². The molecule has 0 amide bonds. The molecule has 0 aromatic heterocycles. The van der Waals surface area contributed by atoms with Crippen molar-refractivity contribution in [2.45, 2.75) is 0 Å². The first-order chi connectivity index (χ1) is 1.73. The van der Waals surface area contributed by atoms with Crippen LogP contribution in [0.4, 0.5) is 0 Å². The van der Waals surface area contributed by atoms with Crippen LogP contribution in [-0.2, 0) is 0 Å². The molecule has 3 nitrogen and oxygen atoms in total. The van der Waals surface area contributed by atoms with Crippen LogP contribution in [0.15, 0.2) is 0 Å². The molecule has 6 heteroatoms. The van der Waals surface area contributed by atoms with E-state index in [-0.39, 0.29) is 78.1 Å². The third-order valence-corrected chi connectivity index (χ3v) is 0. The number of rotatable bonds is 0. The number of hydrogen-bond acceptors (Lipinski definition) is 3. The summed E-state index contributed by atoms with van der Waals surface area (Å²) < 4.78 is 0. The minimum absolute atomic E-state index is 0. The third-order valence-electron chi connectivity index (χ3n) is 0. The summed E-state index contributed by atoms with van der Waals surface area (Å²) in [5, 5.41) is 25.2. The summed E-state index contributed by atoms with van der Waals surface area (Å²) in [7, 11) is -2.92. The fourth-order valence-electron chi connectivity index (χ4n) is 0. The van der Waals surface area contributed by atoms with Crippen molar-refractivity contribution in [2.75, 3.05) is 0 Å². The van der Waals surface area contributed by atoms with E-state index in [1.807, 2.05) is 0 Å². The van der Waals surface area contributed by atoms with Gasteiger partial charge in [-0.3, -0.25) is 7.32 Å². The van der Waals surface area contributed by atoms with Crippen molar-refractivity contribution in [1.29, 1.82) is 0 Å². The standard InChI is InChI=1S/BO3.Ca.Sm/c2-1(3)4;;/q-3;+2;+3. The Morgan fingerprint density at radius 3 is 1.00 bits per heavy atom. The predicted octanol–water partition coefficient (Wildman–Crippen LogP) is -4.33. The minimum Gasteiger partial charge on any atom is -0.907 e. The summed E-state index contributed by atoms with van der Waals surface area (Å²) >= 11 is 0. The van der Waals surface area contributed by atoms with Crippen molar-refractivity contribution in [3.05, 3.63) is 0 Å². The Hall–Kier alpha value is 2.54. The molecule has 0 fully saturated rings. The Balaban J connectivity index is -0.0000000450. The van der Waals surface area contributed by atoms with E-state index in [0.29, 0.717) is 0 Å². The van der Waals surface area contributed by atoms with Gasteiger partial charge in [-0.05, 0) is 0 Å². The van der Waals surface area contributed by atoms with Crippen molar-refractivity contribution in [2.24, 2.45) is 0 Å².